The molecule has 9 heteroatoms. The van der Waals surface area contributed by atoms with Crippen molar-refractivity contribution in [3.63, 3.8) is 0 Å². The third-order valence-corrected chi connectivity index (χ3v) is 8.03. The Hall–Kier alpha value is -2.62. The molecule has 1 fully saturated rings. The Bertz CT molecular complexity index is 1260. The van der Waals surface area contributed by atoms with E-state index in [0.717, 1.165) is 14.9 Å². The molecular weight excluding hydrogens is 512 g/mol. The van der Waals surface area contributed by atoms with Crippen molar-refractivity contribution in [1.29, 1.82) is 0 Å². The fourth-order valence-electron chi connectivity index (χ4n) is 3.25. The normalized spacial score (nSPS) is 16.4. The van der Waals surface area contributed by atoms with Gasteiger partial charge in [0.1, 0.15) is 0 Å². The molecule has 0 bridgehead atoms. The second-order valence-corrected chi connectivity index (χ2v) is 11.2. The number of nitrogens with zero attached hydrogens (tertiary/aromatic N) is 1. The van der Waals surface area contributed by atoms with Crippen molar-refractivity contribution in [3.05, 3.63) is 82.8 Å². The lowest BCUT2D eigenvalue weighted by Crippen LogP contribution is -2.31. The summed E-state index contributed by atoms with van der Waals surface area (Å²) in [6, 6.07) is 20.4. The molecule has 0 radical (unpaired) electrons. The number of imide groups is 1. The van der Waals surface area contributed by atoms with Gasteiger partial charge in [-0.3, -0.25) is 14.3 Å². The van der Waals surface area contributed by atoms with Crippen LogP contribution in [-0.4, -0.2) is 25.5 Å². The molecule has 32 heavy (non-hydrogen) atoms. The van der Waals surface area contributed by atoms with E-state index in [4.69, 9.17) is 0 Å². The molecule has 1 unspecified atom stereocenters. The molecule has 164 valence electrons. The molecule has 1 heterocycles. The van der Waals surface area contributed by atoms with Crippen LogP contribution in [0.4, 0.5) is 11.4 Å². The molecule has 4 rings (SSSR count). The molecule has 0 aliphatic carbocycles. The molecule has 0 saturated carbocycles. The van der Waals surface area contributed by atoms with E-state index in [9.17, 15) is 18.0 Å². The SMILES string of the molecule is Cc1ccc(S(=O)(=O)Nc2ccc(SC3CC(=O)N(c4ccc(Br)cc4)C3=O)cc2)cc1. The third-order valence-electron chi connectivity index (χ3n) is 4.91. The topological polar surface area (TPSA) is 83.6 Å². The van der Waals surface area contributed by atoms with Crippen LogP contribution in [0.3, 0.4) is 0 Å². The third kappa shape index (κ3) is 4.90. The summed E-state index contributed by atoms with van der Waals surface area (Å²) < 4.78 is 28.5. The van der Waals surface area contributed by atoms with Gasteiger partial charge in [-0.1, -0.05) is 33.6 Å². The highest BCUT2D eigenvalue weighted by Gasteiger charge is 2.40. The number of nitrogens with one attached hydrogen (secondary N) is 1. The second kappa shape index (κ2) is 9.09. The minimum absolute atomic E-state index is 0.112. The number of halogens is 1. The van der Waals surface area contributed by atoms with Crippen LogP contribution in [0.1, 0.15) is 12.0 Å². The molecule has 0 aromatic heterocycles. The molecule has 3 aromatic carbocycles. The van der Waals surface area contributed by atoms with Crippen LogP contribution in [0.25, 0.3) is 0 Å². The lowest BCUT2D eigenvalue weighted by molar-refractivity contribution is -0.121. The highest BCUT2D eigenvalue weighted by atomic mass is 79.9. The van der Waals surface area contributed by atoms with Gasteiger partial charge in [-0.25, -0.2) is 13.3 Å². The Morgan fingerprint density at radius 1 is 0.938 bits per heavy atom. The highest BCUT2D eigenvalue weighted by Crippen LogP contribution is 2.35. The lowest BCUT2D eigenvalue weighted by atomic mass is 10.2. The van der Waals surface area contributed by atoms with Gasteiger partial charge in [0, 0.05) is 21.5 Å². The van der Waals surface area contributed by atoms with E-state index in [1.165, 1.54) is 16.7 Å². The first-order valence-corrected chi connectivity index (χ1v) is 12.9. The maximum Gasteiger partial charge on any atom is 0.261 e. The molecule has 1 N–H and O–H groups in total. The summed E-state index contributed by atoms with van der Waals surface area (Å²) >= 11 is 4.64. The van der Waals surface area contributed by atoms with E-state index in [1.54, 1.807) is 72.8 Å². The van der Waals surface area contributed by atoms with E-state index in [1.807, 2.05) is 6.92 Å². The van der Waals surface area contributed by atoms with Gasteiger partial charge in [-0.15, -0.1) is 11.8 Å². The average molecular weight is 531 g/mol. The molecule has 1 aliphatic rings. The number of hydrogen-bond acceptors (Lipinski definition) is 5. The maximum absolute atomic E-state index is 12.8. The molecule has 6 nitrogen and oxygen atoms in total. The van der Waals surface area contributed by atoms with E-state index in [0.29, 0.717) is 11.4 Å². The van der Waals surface area contributed by atoms with Crippen LogP contribution < -0.4 is 9.62 Å². The summed E-state index contributed by atoms with van der Waals surface area (Å²) in [6.07, 6.45) is 0.112. The number of amides is 2. The van der Waals surface area contributed by atoms with Gasteiger partial charge in [-0.05, 0) is 67.6 Å². The quantitative estimate of drug-likeness (QED) is 0.454. The number of sulfonamides is 1. The molecule has 1 atom stereocenters. The number of aryl methyl sites for hydroxylation is 1. The fraction of sp³-hybridized carbons (Fsp3) is 0.130. The number of benzene rings is 3. The molecule has 3 aromatic rings. The zero-order valence-corrected chi connectivity index (χ0v) is 20.2. The van der Waals surface area contributed by atoms with Crippen molar-refractivity contribution in [3.8, 4) is 0 Å². The Labute approximate surface area is 199 Å². The summed E-state index contributed by atoms with van der Waals surface area (Å²) in [5, 5.41) is -0.527. The minimum atomic E-state index is -3.69. The smallest absolute Gasteiger partial charge is 0.261 e. The standard InChI is InChI=1S/C23H19BrN2O4S2/c1-15-2-12-20(13-3-15)32(29,30)25-17-6-10-19(11-7-17)31-21-14-22(27)26(23(21)28)18-8-4-16(24)5-9-18/h2-13,21,25H,14H2,1H3. The van der Waals surface area contributed by atoms with Gasteiger partial charge in [0.05, 0.1) is 15.8 Å². The van der Waals surface area contributed by atoms with Crippen LogP contribution in [0.2, 0.25) is 0 Å². The summed E-state index contributed by atoms with van der Waals surface area (Å²) in [4.78, 5) is 27.4. The number of anilines is 2. The Morgan fingerprint density at radius 3 is 2.19 bits per heavy atom. The first-order chi connectivity index (χ1) is 15.2. The van der Waals surface area contributed by atoms with Crippen molar-refractivity contribution in [2.24, 2.45) is 0 Å². The van der Waals surface area contributed by atoms with Crippen LogP contribution in [0.15, 0.2) is 87.1 Å². The molecule has 1 saturated heterocycles. The first-order valence-electron chi connectivity index (χ1n) is 9.71. The van der Waals surface area contributed by atoms with Crippen molar-refractivity contribution in [2.45, 2.75) is 28.4 Å². The average Bonchev–Trinajstić information content (AvgIpc) is 3.03. The van der Waals surface area contributed by atoms with Gasteiger partial charge in [0.2, 0.25) is 11.8 Å². The van der Waals surface area contributed by atoms with Crippen molar-refractivity contribution >= 4 is 60.9 Å². The van der Waals surface area contributed by atoms with Crippen LogP contribution in [-0.2, 0) is 19.6 Å². The van der Waals surface area contributed by atoms with E-state index in [-0.39, 0.29) is 23.1 Å². The van der Waals surface area contributed by atoms with E-state index < -0.39 is 15.3 Å². The lowest BCUT2D eigenvalue weighted by Gasteiger charge is -2.15. The number of rotatable bonds is 6. The van der Waals surface area contributed by atoms with Crippen molar-refractivity contribution in [2.75, 3.05) is 9.62 Å². The Kier molecular flexibility index (Phi) is 6.41. The van der Waals surface area contributed by atoms with Crippen molar-refractivity contribution < 1.29 is 18.0 Å². The predicted molar refractivity (Wildman–Crippen MR) is 129 cm³/mol. The van der Waals surface area contributed by atoms with Crippen molar-refractivity contribution in [1.82, 2.24) is 0 Å². The number of hydrogen-bond donors (Lipinski definition) is 1. The minimum Gasteiger partial charge on any atom is -0.280 e. The van der Waals surface area contributed by atoms with Crippen LogP contribution in [0, 0.1) is 6.92 Å². The zero-order valence-electron chi connectivity index (χ0n) is 17.0. The maximum atomic E-state index is 12.8. The number of carbonyl (C=O) groups is 2. The largest absolute Gasteiger partial charge is 0.280 e. The van der Waals surface area contributed by atoms with Gasteiger partial charge < -0.3 is 0 Å². The van der Waals surface area contributed by atoms with Gasteiger partial charge in [0.15, 0.2) is 0 Å². The molecule has 2 amide bonds. The molecular formula is C23H19BrN2O4S2. The van der Waals surface area contributed by atoms with E-state index in [2.05, 4.69) is 20.7 Å². The first kappa shape index (κ1) is 22.6. The van der Waals surface area contributed by atoms with Gasteiger partial charge in [0.25, 0.3) is 10.0 Å². The number of thioether (sulfide) groups is 1. The molecule has 1 aliphatic heterocycles. The van der Waals surface area contributed by atoms with Crippen LogP contribution >= 0.6 is 27.7 Å². The second-order valence-electron chi connectivity index (χ2n) is 7.30. The monoisotopic (exact) mass is 530 g/mol. The summed E-state index contributed by atoms with van der Waals surface area (Å²) in [7, 11) is -3.69. The summed E-state index contributed by atoms with van der Waals surface area (Å²) in [6.45, 7) is 1.89. The van der Waals surface area contributed by atoms with Crippen LogP contribution in [0.5, 0.6) is 0 Å². The van der Waals surface area contributed by atoms with Gasteiger partial charge >= 0.3 is 0 Å². The fourth-order valence-corrected chi connectivity index (χ4v) is 5.63. The summed E-state index contributed by atoms with van der Waals surface area (Å²) in [5.74, 6) is -0.497. The van der Waals surface area contributed by atoms with Gasteiger partial charge in [-0.2, -0.15) is 0 Å². The Morgan fingerprint density at radius 2 is 1.56 bits per heavy atom. The molecule has 0 spiro atoms. The Balaban J connectivity index is 1.43. The summed E-state index contributed by atoms with van der Waals surface area (Å²) in [5.41, 5.74) is 1.94. The predicted octanol–water partition coefficient (Wildman–Crippen LogP) is 4.98. The van der Waals surface area contributed by atoms with E-state index >= 15 is 0 Å². The zero-order chi connectivity index (χ0) is 22.9. The highest BCUT2D eigenvalue weighted by molar-refractivity contribution is 9.10. The number of carbonyl (C=O) groups excluding carboxylic acids is 2.